The molecule has 0 fully saturated rings. The van der Waals surface area contributed by atoms with Gasteiger partial charge in [0.05, 0.1) is 11.6 Å². The van der Waals surface area contributed by atoms with Crippen LogP contribution in [0.1, 0.15) is 37.4 Å². The largest absolute Gasteiger partial charge is 0.573 e. The average molecular weight is 434 g/mol. The molecule has 1 aromatic carbocycles. The Hall–Kier alpha value is -3.02. The van der Waals surface area contributed by atoms with Gasteiger partial charge in [-0.1, -0.05) is 6.07 Å². The van der Waals surface area contributed by atoms with Crippen molar-refractivity contribution >= 4 is 11.5 Å². The van der Waals surface area contributed by atoms with Crippen LogP contribution in [0.3, 0.4) is 0 Å². The van der Waals surface area contributed by atoms with Crippen LogP contribution in [-0.4, -0.2) is 31.7 Å². The molecule has 162 valence electrons. The van der Waals surface area contributed by atoms with Gasteiger partial charge in [0.2, 0.25) is 0 Å². The van der Waals surface area contributed by atoms with Gasteiger partial charge in [-0.2, -0.15) is 9.61 Å². The summed E-state index contributed by atoms with van der Waals surface area (Å²) in [7, 11) is 0. The van der Waals surface area contributed by atoms with Crippen molar-refractivity contribution in [1.82, 2.24) is 14.6 Å². The fraction of sp³-hybridized carbons (Fsp3) is 0.333. The molecular formula is C18H16F6N4O2. The minimum Gasteiger partial charge on any atom is -0.406 e. The van der Waals surface area contributed by atoms with E-state index in [1.54, 1.807) is 0 Å². The summed E-state index contributed by atoms with van der Waals surface area (Å²) >= 11 is 0. The van der Waals surface area contributed by atoms with Gasteiger partial charge in [-0.05, 0) is 32.0 Å². The maximum atomic E-state index is 14.6. The van der Waals surface area contributed by atoms with Gasteiger partial charge in [0.25, 0.3) is 6.43 Å². The van der Waals surface area contributed by atoms with Gasteiger partial charge in [0.15, 0.2) is 5.65 Å². The Balaban J connectivity index is 2.03. The highest BCUT2D eigenvalue weighted by atomic mass is 19.4. The number of hydrogen-bond acceptors (Lipinski definition) is 5. The Kier molecular flexibility index (Phi) is 5.54. The number of nitrogens with one attached hydrogen (secondary N) is 1. The number of alkyl halides is 5. The quantitative estimate of drug-likeness (QED) is 0.554. The number of anilines is 1. The van der Waals surface area contributed by atoms with E-state index in [-0.39, 0.29) is 22.6 Å². The number of ether oxygens (including phenoxy) is 1. The Morgan fingerprint density at radius 3 is 2.40 bits per heavy atom. The van der Waals surface area contributed by atoms with Crippen LogP contribution in [0.2, 0.25) is 0 Å². The van der Waals surface area contributed by atoms with Crippen molar-refractivity contribution in [2.45, 2.75) is 38.3 Å². The highest BCUT2D eigenvalue weighted by molar-refractivity contribution is 5.53. The van der Waals surface area contributed by atoms with Gasteiger partial charge < -0.3 is 15.2 Å². The first-order valence-electron chi connectivity index (χ1n) is 8.51. The molecule has 6 nitrogen and oxygen atoms in total. The highest BCUT2D eigenvalue weighted by Gasteiger charge is 2.34. The third kappa shape index (κ3) is 4.75. The fourth-order valence-electron chi connectivity index (χ4n) is 2.89. The van der Waals surface area contributed by atoms with E-state index in [1.165, 1.54) is 18.4 Å². The van der Waals surface area contributed by atoms with E-state index in [1.807, 2.05) is 0 Å². The summed E-state index contributed by atoms with van der Waals surface area (Å²) in [6.45, 7) is 2.64. The van der Waals surface area contributed by atoms with Crippen LogP contribution < -0.4 is 10.1 Å². The first-order valence-corrected chi connectivity index (χ1v) is 8.51. The van der Waals surface area contributed by atoms with E-state index in [9.17, 15) is 31.4 Å². The zero-order valence-electron chi connectivity index (χ0n) is 15.6. The van der Waals surface area contributed by atoms with Crippen LogP contribution >= 0.6 is 0 Å². The second-order valence-corrected chi connectivity index (χ2v) is 6.97. The predicted molar refractivity (Wildman–Crippen MR) is 93.7 cm³/mol. The smallest absolute Gasteiger partial charge is 0.406 e. The molecule has 30 heavy (non-hydrogen) atoms. The number of aromatic nitrogens is 3. The van der Waals surface area contributed by atoms with Crippen molar-refractivity contribution in [1.29, 1.82) is 0 Å². The van der Waals surface area contributed by atoms with Gasteiger partial charge in [-0.15, -0.1) is 13.2 Å². The van der Waals surface area contributed by atoms with Crippen molar-refractivity contribution in [3.05, 3.63) is 53.6 Å². The molecule has 0 aliphatic heterocycles. The molecule has 0 saturated heterocycles. The summed E-state index contributed by atoms with van der Waals surface area (Å²) in [5, 5.41) is 17.2. The molecule has 0 amide bonds. The van der Waals surface area contributed by atoms with Crippen molar-refractivity contribution < 1.29 is 36.2 Å². The minimum atomic E-state index is -5.00. The molecule has 0 saturated carbocycles. The van der Waals surface area contributed by atoms with Crippen molar-refractivity contribution in [2.75, 3.05) is 5.32 Å². The maximum absolute atomic E-state index is 14.6. The van der Waals surface area contributed by atoms with Crippen LogP contribution in [0.4, 0.5) is 32.2 Å². The Morgan fingerprint density at radius 2 is 1.83 bits per heavy atom. The molecule has 3 rings (SSSR count). The van der Waals surface area contributed by atoms with Gasteiger partial charge in [0, 0.05) is 17.2 Å². The molecule has 2 heterocycles. The lowest BCUT2D eigenvalue weighted by Gasteiger charge is -2.32. The van der Waals surface area contributed by atoms with E-state index in [0.717, 1.165) is 30.6 Å². The molecule has 1 atom stereocenters. The SMILES string of the molecule is CC(C)(O)C(Nc1cc(C(F)F)cc2ncnn12)c1ccc(OC(F)(F)F)cc1F. The summed E-state index contributed by atoms with van der Waals surface area (Å²) in [5.41, 5.74) is -2.19. The summed E-state index contributed by atoms with van der Waals surface area (Å²) in [5.74, 6) is -1.91. The Morgan fingerprint density at radius 1 is 1.13 bits per heavy atom. The fourth-order valence-corrected chi connectivity index (χ4v) is 2.89. The molecule has 3 aromatic rings. The molecule has 12 heteroatoms. The summed E-state index contributed by atoms with van der Waals surface area (Å²) in [6.07, 6.45) is -6.71. The normalized spacial score (nSPS) is 13.7. The van der Waals surface area contributed by atoms with Crippen LogP contribution in [0.5, 0.6) is 5.75 Å². The van der Waals surface area contributed by atoms with Crippen LogP contribution in [-0.2, 0) is 0 Å². The molecule has 0 aliphatic carbocycles. The number of halogens is 6. The van der Waals surface area contributed by atoms with E-state index < -0.39 is 36.0 Å². The molecule has 0 bridgehead atoms. The van der Waals surface area contributed by atoms with E-state index in [2.05, 4.69) is 20.1 Å². The summed E-state index contributed by atoms with van der Waals surface area (Å²) in [4.78, 5) is 3.85. The number of fused-ring (bicyclic) bond motifs is 1. The van der Waals surface area contributed by atoms with Crippen molar-refractivity contribution in [2.24, 2.45) is 0 Å². The Bertz CT molecular complexity index is 1050. The topological polar surface area (TPSA) is 71.7 Å². The van der Waals surface area contributed by atoms with Crippen molar-refractivity contribution in [3.8, 4) is 5.75 Å². The monoisotopic (exact) mass is 434 g/mol. The van der Waals surface area contributed by atoms with Gasteiger partial charge in [0.1, 0.15) is 23.7 Å². The molecule has 0 radical (unpaired) electrons. The van der Waals surface area contributed by atoms with E-state index in [0.29, 0.717) is 6.07 Å². The Labute approximate surface area is 166 Å². The van der Waals surface area contributed by atoms with Crippen molar-refractivity contribution in [3.63, 3.8) is 0 Å². The summed E-state index contributed by atoms with van der Waals surface area (Å²) < 4.78 is 83.0. The lowest BCUT2D eigenvalue weighted by Crippen LogP contribution is -2.35. The maximum Gasteiger partial charge on any atom is 0.573 e. The number of pyridine rings is 1. The highest BCUT2D eigenvalue weighted by Crippen LogP contribution is 2.35. The average Bonchev–Trinajstić information content (AvgIpc) is 3.06. The number of rotatable bonds is 6. The standard InChI is InChI=1S/C18H16F6N4O2/c1-17(2,29)15(11-4-3-10(7-12(11)19)30-18(22,23)24)27-14-6-9(16(20)21)5-13-25-8-26-28(13)14/h3-8,15-16,27,29H,1-2H3. The number of nitrogens with zero attached hydrogens (tertiary/aromatic N) is 3. The molecule has 0 aliphatic rings. The lowest BCUT2D eigenvalue weighted by molar-refractivity contribution is -0.274. The van der Waals surface area contributed by atoms with E-state index in [4.69, 9.17) is 0 Å². The molecule has 0 spiro atoms. The molecule has 1 unspecified atom stereocenters. The van der Waals surface area contributed by atoms with Gasteiger partial charge in [-0.25, -0.2) is 18.2 Å². The zero-order valence-corrected chi connectivity index (χ0v) is 15.6. The van der Waals surface area contributed by atoms with Gasteiger partial charge >= 0.3 is 6.36 Å². The first-order chi connectivity index (χ1) is 13.8. The molecule has 2 N–H and O–H groups in total. The van der Waals surface area contributed by atoms with Crippen LogP contribution in [0.15, 0.2) is 36.7 Å². The first kappa shape index (κ1) is 21.7. The third-order valence-electron chi connectivity index (χ3n) is 4.17. The second kappa shape index (κ2) is 7.67. The number of aliphatic hydroxyl groups is 1. The summed E-state index contributed by atoms with van der Waals surface area (Å²) in [6, 6.07) is 3.33. The predicted octanol–water partition coefficient (Wildman–Crippen LogP) is 4.63. The lowest BCUT2D eigenvalue weighted by atomic mass is 9.91. The zero-order chi connectivity index (χ0) is 22.3. The third-order valence-corrected chi connectivity index (χ3v) is 4.17. The molecule has 2 aromatic heterocycles. The van der Waals surface area contributed by atoms with E-state index >= 15 is 0 Å². The second-order valence-electron chi connectivity index (χ2n) is 6.97. The number of hydrogen-bond donors (Lipinski definition) is 2. The molecular weight excluding hydrogens is 418 g/mol. The van der Waals surface area contributed by atoms with Crippen LogP contribution in [0.25, 0.3) is 5.65 Å². The number of benzene rings is 1. The minimum absolute atomic E-state index is 0.0255. The van der Waals surface area contributed by atoms with Crippen LogP contribution in [0, 0.1) is 5.82 Å². The van der Waals surface area contributed by atoms with Gasteiger partial charge in [-0.3, -0.25) is 0 Å².